The van der Waals surface area contributed by atoms with Crippen LogP contribution < -0.4 is 0 Å². The van der Waals surface area contributed by atoms with Gasteiger partial charge < -0.3 is 4.57 Å². The first-order valence-electron chi connectivity index (χ1n) is 14.4. The van der Waals surface area contributed by atoms with Gasteiger partial charge in [-0.05, 0) is 45.8 Å². The van der Waals surface area contributed by atoms with E-state index in [0.29, 0.717) is 0 Å². The fourth-order valence-electron chi connectivity index (χ4n) is 6.74. The number of benzene rings is 7. The fourth-order valence-corrected chi connectivity index (χ4v) is 8.15. The molecular weight excluding hydrogens is 527 g/mol. The Labute approximate surface area is 247 Å². The summed E-state index contributed by atoms with van der Waals surface area (Å²) in [7, 11) is 0. The van der Waals surface area contributed by atoms with Gasteiger partial charge in [0.2, 0.25) is 0 Å². The number of para-hydroxylation sites is 2. The van der Waals surface area contributed by atoms with Gasteiger partial charge in [0.05, 0.1) is 11.0 Å². The van der Waals surface area contributed by atoms with Crippen molar-refractivity contribution in [3.63, 3.8) is 0 Å². The van der Waals surface area contributed by atoms with Crippen molar-refractivity contribution in [2.24, 2.45) is 0 Å². The molecule has 2 heterocycles. The maximum atomic E-state index is 2.46. The largest absolute Gasteiger partial charge is 0.309 e. The van der Waals surface area contributed by atoms with Crippen LogP contribution in [0.15, 0.2) is 152 Å². The number of nitrogens with zero attached hydrogens (tertiary/aromatic N) is 1. The maximum Gasteiger partial charge on any atom is 0.0634 e. The zero-order valence-corrected chi connectivity index (χ0v) is 23.6. The van der Waals surface area contributed by atoms with Crippen molar-refractivity contribution in [3.8, 4) is 27.9 Å². The predicted molar refractivity (Wildman–Crippen MR) is 182 cm³/mol. The Kier molecular flexibility index (Phi) is 5.13. The molecule has 0 aliphatic heterocycles. The van der Waals surface area contributed by atoms with Crippen molar-refractivity contribution in [3.05, 3.63) is 152 Å². The number of rotatable bonds is 3. The molecule has 0 spiro atoms. The summed E-state index contributed by atoms with van der Waals surface area (Å²) in [5, 5.41) is 7.92. The lowest BCUT2D eigenvalue weighted by atomic mass is 9.96. The molecule has 0 saturated heterocycles. The van der Waals surface area contributed by atoms with Crippen molar-refractivity contribution in [1.82, 2.24) is 4.57 Å². The van der Waals surface area contributed by atoms with Gasteiger partial charge in [0.15, 0.2) is 0 Å². The van der Waals surface area contributed by atoms with Gasteiger partial charge in [-0.2, -0.15) is 0 Å². The molecule has 0 N–H and O–H groups in total. The average molecular weight is 552 g/mol. The summed E-state index contributed by atoms with van der Waals surface area (Å²) in [6.45, 7) is 0. The van der Waals surface area contributed by atoms with Crippen LogP contribution in [0.2, 0.25) is 0 Å². The van der Waals surface area contributed by atoms with Crippen LogP contribution in [-0.2, 0) is 0 Å². The summed E-state index contributed by atoms with van der Waals surface area (Å²) < 4.78 is 5.16. The molecule has 9 rings (SSSR count). The summed E-state index contributed by atoms with van der Waals surface area (Å²) in [6.07, 6.45) is 0. The van der Waals surface area contributed by atoms with E-state index in [9.17, 15) is 0 Å². The van der Waals surface area contributed by atoms with E-state index in [1.807, 2.05) is 11.3 Å². The van der Waals surface area contributed by atoms with E-state index in [-0.39, 0.29) is 0 Å². The van der Waals surface area contributed by atoms with Crippen molar-refractivity contribution in [1.29, 1.82) is 0 Å². The lowest BCUT2D eigenvalue weighted by Crippen LogP contribution is -1.93. The fraction of sp³-hybridized carbons (Fsp3) is 0. The Morgan fingerprint density at radius 2 is 0.976 bits per heavy atom. The van der Waals surface area contributed by atoms with E-state index in [1.165, 1.54) is 80.7 Å². The van der Waals surface area contributed by atoms with Crippen molar-refractivity contribution in [2.45, 2.75) is 0 Å². The minimum Gasteiger partial charge on any atom is -0.309 e. The second-order valence-corrected chi connectivity index (χ2v) is 11.9. The highest BCUT2D eigenvalue weighted by molar-refractivity contribution is 7.27. The first kappa shape index (κ1) is 23.5. The monoisotopic (exact) mass is 551 g/mol. The third-order valence-electron chi connectivity index (χ3n) is 8.59. The quantitative estimate of drug-likeness (QED) is 0.206. The average Bonchev–Trinajstić information content (AvgIpc) is 3.63. The standard InChI is InChI=1S/C40H25NS/c1-3-12-26(13-4-1)27-22-24-28(25-23-27)30-19-11-20-34-36-31-16-7-8-17-32(31)38-37(40(36)42-39(30)34)33-18-9-10-21-35(33)41(38)29-14-5-2-6-15-29/h1-25H. The molecule has 0 atom stereocenters. The summed E-state index contributed by atoms with van der Waals surface area (Å²) in [6, 6.07) is 55.1. The Hall–Kier alpha value is -5.18. The van der Waals surface area contributed by atoms with Gasteiger partial charge in [-0.1, -0.05) is 133 Å². The highest BCUT2D eigenvalue weighted by Crippen LogP contribution is 2.49. The Balaban J connectivity index is 1.40. The zero-order valence-electron chi connectivity index (χ0n) is 22.8. The van der Waals surface area contributed by atoms with E-state index < -0.39 is 0 Å². The highest BCUT2D eigenvalue weighted by Gasteiger charge is 2.22. The van der Waals surface area contributed by atoms with Gasteiger partial charge in [-0.15, -0.1) is 11.3 Å². The number of aromatic nitrogens is 1. The second-order valence-electron chi connectivity index (χ2n) is 10.9. The smallest absolute Gasteiger partial charge is 0.0634 e. The van der Waals surface area contributed by atoms with Crippen LogP contribution >= 0.6 is 11.3 Å². The van der Waals surface area contributed by atoms with Crippen LogP contribution in [0.1, 0.15) is 0 Å². The molecule has 0 bridgehead atoms. The van der Waals surface area contributed by atoms with E-state index in [1.54, 1.807) is 0 Å². The topological polar surface area (TPSA) is 4.93 Å². The molecule has 196 valence electrons. The van der Waals surface area contributed by atoms with Gasteiger partial charge in [-0.3, -0.25) is 0 Å². The lowest BCUT2D eigenvalue weighted by Gasteiger charge is -2.11. The van der Waals surface area contributed by atoms with Crippen LogP contribution in [0.4, 0.5) is 0 Å². The first-order valence-corrected chi connectivity index (χ1v) is 15.2. The molecule has 2 heteroatoms. The predicted octanol–water partition coefficient (Wildman–Crippen LogP) is 11.6. The zero-order chi connectivity index (χ0) is 27.6. The molecule has 0 fully saturated rings. The lowest BCUT2D eigenvalue weighted by molar-refractivity contribution is 1.19. The number of hydrogen-bond acceptors (Lipinski definition) is 1. The highest BCUT2D eigenvalue weighted by atomic mass is 32.1. The number of fused-ring (bicyclic) bond motifs is 10. The molecule has 0 amide bonds. The van der Waals surface area contributed by atoms with E-state index in [4.69, 9.17) is 0 Å². The van der Waals surface area contributed by atoms with Gasteiger partial charge in [-0.25, -0.2) is 0 Å². The first-order chi connectivity index (χ1) is 20.9. The summed E-state index contributed by atoms with van der Waals surface area (Å²) in [4.78, 5) is 0. The molecule has 9 aromatic rings. The van der Waals surface area contributed by atoms with Gasteiger partial charge in [0.1, 0.15) is 0 Å². The van der Waals surface area contributed by atoms with E-state index in [0.717, 1.165) is 0 Å². The van der Waals surface area contributed by atoms with Gasteiger partial charge >= 0.3 is 0 Å². The third-order valence-corrected chi connectivity index (χ3v) is 9.84. The van der Waals surface area contributed by atoms with Crippen LogP contribution in [0, 0.1) is 0 Å². The second kappa shape index (κ2) is 9.17. The molecule has 0 saturated carbocycles. The van der Waals surface area contributed by atoms with Crippen molar-refractivity contribution < 1.29 is 0 Å². The molecule has 0 aliphatic carbocycles. The van der Waals surface area contributed by atoms with Crippen molar-refractivity contribution >= 4 is 64.1 Å². The molecular formula is C40H25NS. The SMILES string of the molecule is c1ccc(-c2ccc(-c3cccc4c3sc3c4c4ccccc4c4c3c3ccccc3n4-c3ccccc3)cc2)cc1. The number of hydrogen-bond donors (Lipinski definition) is 0. The molecule has 0 radical (unpaired) electrons. The van der Waals surface area contributed by atoms with Crippen molar-refractivity contribution in [2.75, 3.05) is 0 Å². The Bertz CT molecular complexity index is 2430. The summed E-state index contributed by atoms with van der Waals surface area (Å²) in [5.41, 5.74) is 8.73. The van der Waals surface area contributed by atoms with Gasteiger partial charge in [0, 0.05) is 42.0 Å². The molecule has 42 heavy (non-hydrogen) atoms. The van der Waals surface area contributed by atoms with Crippen LogP contribution in [0.25, 0.3) is 80.7 Å². The van der Waals surface area contributed by atoms with E-state index >= 15 is 0 Å². The molecule has 0 unspecified atom stereocenters. The molecule has 0 aliphatic rings. The molecule has 2 aromatic heterocycles. The van der Waals surface area contributed by atoms with Crippen LogP contribution in [-0.4, -0.2) is 4.57 Å². The normalized spacial score (nSPS) is 11.8. The van der Waals surface area contributed by atoms with E-state index in [2.05, 4.69) is 156 Å². The maximum absolute atomic E-state index is 2.46. The third kappa shape index (κ3) is 3.36. The summed E-state index contributed by atoms with van der Waals surface area (Å²) >= 11 is 1.94. The van der Waals surface area contributed by atoms with Crippen LogP contribution in [0.5, 0.6) is 0 Å². The minimum atomic E-state index is 1.19. The molecule has 7 aromatic carbocycles. The van der Waals surface area contributed by atoms with Crippen LogP contribution in [0.3, 0.4) is 0 Å². The molecule has 1 nitrogen and oxygen atoms in total. The minimum absolute atomic E-state index is 1.19. The number of thiophene rings is 1. The summed E-state index contributed by atoms with van der Waals surface area (Å²) in [5.74, 6) is 0. The Morgan fingerprint density at radius 1 is 0.381 bits per heavy atom. The Morgan fingerprint density at radius 3 is 1.76 bits per heavy atom. The van der Waals surface area contributed by atoms with Gasteiger partial charge in [0.25, 0.3) is 0 Å².